The van der Waals surface area contributed by atoms with Gasteiger partial charge in [-0.15, -0.1) is 0 Å². The van der Waals surface area contributed by atoms with E-state index < -0.39 is 0 Å². The highest BCUT2D eigenvalue weighted by atomic mass is 16.4. The zero-order chi connectivity index (χ0) is 22.5. The normalized spacial score (nSPS) is 11.0. The number of anilines is 1. The van der Waals surface area contributed by atoms with Crippen LogP contribution >= 0.6 is 0 Å². The first-order chi connectivity index (χ1) is 15.5. The van der Waals surface area contributed by atoms with Crippen LogP contribution in [0, 0.1) is 6.92 Å². The molecule has 4 rings (SSSR count). The van der Waals surface area contributed by atoms with Gasteiger partial charge in [-0.3, -0.25) is 4.79 Å². The number of carbonyl (C=O) groups is 1. The van der Waals surface area contributed by atoms with Crippen molar-refractivity contribution in [3.8, 4) is 22.8 Å². The molecule has 32 heavy (non-hydrogen) atoms. The van der Waals surface area contributed by atoms with Crippen LogP contribution in [0.3, 0.4) is 0 Å². The number of amides is 1. The SMILES string of the molecule is Cc1ccc(-c2cnc(-c3ccccc3C(=O)Nc3ccc(CCN(C)C)cc3)o2)cc1. The third-order valence-corrected chi connectivity index (χ3v) is 5.30. The summed E-state index contributed by atoms with van der Waals surface area (Å²) in [4.78, 5) is 19.6. The maximum atomic E-state index is 13.0. The van der Waals surface area contributed by atoms with E-state index in [1.165, 1.54) is 11.1 Å². The summed E-state index contributed by atoms with van der Waals surface area (Å²) < 4.78 is 6.00. The summed E-state index contributed by atoms with van der Waals surface area (Å²) in [5.74, 6) is 0.894. The Labute approximate surface area is 188 Å². The predicted molar refractivity (Wildman–Crippen MR) is 129 cm³/mol. The molecule has 1 aromatic heterocycles. The molecular weight excluding hydrogens is 398 g/mol. The molecule has 162 valence electrons. The van der Waals surface area contributed by atoms with Gasteiger partial charge in [0.15, 0.2) is 5.76 Å². The summed E-state index contributed by atoms with van der Waals surface area (Å²) in [6.45, 7) is 3.03. The number of nitrogens with zero attached hydrogens (tertiary/aromatic N) is 2. The Morgan fingerprint density at radius 1 is 0.969 bits per heavy atom. The van der Waals surface area contributed by atoms with Crippen molar-refractivity contribution in [3.63, 3.8) is 0 Å². The Morgan fingerprint density at radius 2 is 1.69 bits per heavy atom. The van der Waals surface area contributed by atoms with Crippen molar-refractivity contribution < 1.29 is 9.21 Å². The average Bonchev–Trinajstić information content (AvgIpc) is 3.29. The van der Waals surface area contributed by atoms with E-state index in [-0.39, 0.29) is 5.91 Å². The van der Waals surface area contributed by atoms with Crippen molar-refractivity contribution in [1.29, 1.82) is 0 Å². The van der Waals surface area contributed by atoms with Gasteiger partial charge >= 0.3 is 0 Å². The lowest BCUT2D eigenvalue weighted by molar-refractivity contribution is 0.102. The molecule has 0 bridgehead atoms. The molecule has 5 heteroatoms. The van der Waals surface area contributed by atoms with Gasteiger partial charge in [0.25, 0.3) is 5.91 Å². The molecule has 5 nitrogen and oxygen atoms in total. The zero-order valence-electron chi connectivity index (χ0n) is 18.6. The van der Waals surface area contributed by atoms with Crippen molar-refractivity contribution in [1.82, 2.24) is 9.88 Å². The second-order valence-corrected chi connectivity index (χ2v) is 8.15. The lowest BCUT2D eigenvalue weighted by Crippen LogP contribution is -2.15. The zero-order valence-corrected chi connectivity index (χ0v) is 18.6. The van der Waals surface area contributed by atoms with Crippen molar-refractivity contribution in [2.24, 2.45) is 0 Å². The Balaban J connectivity index is 1.52. The second kappa shape index (κ2) is 9.62. The Hall–Kier alpha value is -3.70. The lowest BCUT2D eigenvalue weighted by Gasteiger charge is -2.11. The van der Waals surface area contributed by atoms with Gasteiger partial charge in [0.05, 0.1) is 11.8 Å². The van der Waals surface area contributed by atoms with Crippen LogP contribution in [0.5, 0.6) is 0 Å². The van der Waals surface area contributed by atoms with Gasteiger partial charge < -0.3 is 14.6 Å². The smallest absolute Gasteiger partial charge is 0.256 e. The molecule has 0 fully saturated rings. The summed E-state index contributed by atoms with van der Waals surface area (Å²) in [7, 11) is 4.12. The first kappa shape index (κ1) is 21.5. The molecule has 0 atom stereocenters. The minimum absolute atomic E-state index is 0.197. The molecule has 1 N–H and O–H groups in total. The van der Waals surface area contributed by atoms with Gasteiger partial charge in [-0.2, -0.15) is 0 Å². The van der Waals surface area contributed by atoms with E-state index in [1.807, 2.05) is 73.7 Å². The lowest BCUT2D eigenvalue weighted by atomic mass is 10.1. The quantitative estimate of drug-likeness (QED) is 0.414. The number of oxazole rings is 1. The van der Waals surface area contributed by atoms with Crippen molar-refractivity contribution in [2.45, 2.75) is 13.3 Å². The van der Waals surface area contributed by atoms with Crippen LogP contribution in [0.15, 0.2) is 83.4 Å². The molecule has 0 aliphatic rings. The molecule has 4 aromatic rings. The fourth-order valence-corrected chi connectivity index (χ4v) is 3.42. The standard InChI is InChI=1S/C27H27N3O2/c1-19-8-12-21(13-9-19)25-18-28-27(32-25)24-7-5-4-6-23(24)26(31)29-22-14-10-20(11-15-22)16-17-30(2)3/h4-15,18H,16-17H2,1-3H3,(H,29,31). The fourth-order valence-electron chi connectivity index (χ4n) is 3.42. The molecule has 0 aliphatic heterocycles. The number of likely N-dealkylation sites (N-methyl/N-ethyl adjacent to an activating group) is 1. The maximum Gasteiger partial charge on any atom is 0.256 e. The van der Waals surface area contributed by atoms with Gasteiger partial charge in [0, 0.05) is 23.4 Å². The monoisotopic (exact) mass is 425 g/mol. The predicted octanol–water partition coefficient (Wildman–Crippen LogP) is 5.67. The van der Waals surface area contributed by atoms with Crippen molar-refractivity contribution >= 4 is 11.6 Å². The van der Waals surface area contributed by atoms with Gasteiger partial charge in [0.1, 0.15) is 0 Å². The van der Waals surface area contributed by atoms with Crippen LogP contribution in [0.2, 0.25) is 0 Å². The van der Waals surface area contributed by atoms with E-state index in [9.17, 15) is 4.79 Å². The molecular formula is C27H27N3O2. The Bertz CT molecular complexity index is 1190. The molecule has 0 saturated carbocycles. The first-order valence-corrected chi connectivity index (χ1v) is 10.7. The Kier molecular flexibility index (Phi) is 6.47. The second-order valence-electron chi connectivity index (χ2n) is 8.15. The number of carbonyl (C=O) groups excluding carboxylic acids is 1. The highest BCUT2D eigenvalue weighted by Crippen LogP contribution is 2.29. The molecule has 0 unspecified atom stereocenters. The van der Waals surface area contributed by atoms with Crippen LogP contribution in [0.1, 0.15) is 21.5 Å². The van der Waals surface area contributed by atoms with Gasteiger partial charge in [-0.05, 0) is 57.3 Å². The summed E-state index contributed by atoms with van der Waals surface area (Å²) in [5.41, 5.74) is 5.30. The molecule has 3 aromatic carbocycles. The number of hydrogen-bond acceptors (Lipinski definition) is 4. The summed E-state index contributed by atoms with van der Waals surface area (Å²) >= 11 is 0. The Morgan fingerprint density at radius 3 is 2.41 bits per heavy atom. The van der Waals surface area contributed by atoms with Gasteiger partial charge in [0.2, 0.25) is 5.89 Å². The number of nitrogens with one attached hydrogen (secondary N) is 1. The van der Waals surface area contributed by atoms with Gasteiger partial charge in [-0.25, -0.2) is 4.98 Å². The highest BCUT2D eigenvalue weighted by Gasteiger charge is 2.17. The fraction of sp³-hybridized carbons (Fsp3) is 0.185. The van der Waals surface area contributed by atoms with E-state index in [0.717, 1.165) is 24.2 Å². The number of aryl methyl sites for hydroxylation is 1. The van der Waals surface area contributed by atoms with E-state index >= 15 is 0 Å². The van der Waals surface area contributed by atoms with Crippen LogP contribution in [0.25, 0.3) is 22.8 Å². The molecule has 1 heterocycles. The third-order valence-electron chi connectivity index (χ3n) is 5.30. The van der Waals surface area contributed by atoms with Crippen LogP contribution in [-0.4, -0.2) is 36.4 Å². The van der Waals surface area contributed by atoms with Gasteiger partial charge in [-0.1, -0.05) is 54.1 Å². The van der Waals surface area contributed by atoms with E-state index in [0.29, 0.717) is 22.8 Å². The average molecular weight is 426 g/mol. The van der Waals surface area contributed by atoms with Crippen molar-refractivity contribution in [3.05, 3.63) is 95.7 Å². The number of aromatic nitrogens is 1. The summed E-state index contributed by atoms with van der Waals surface area (Å²) in [5, 5.41) is 2.99. The molecule has 0 radical (unpaired) electrons. The summed E-state index contributed by atoms with van der Waals surface area (Å²) in [6.07, 6.45) is 2.67. The molecule has 1 amide bonds. The number of benzene rings is 3. The highest BCUT2D eigenvalue weighted by molar-refractivity contribution is 6.08. The van der Waals surface area contributed by atoms with E-state index in [4.69, 9.17) is 4.42 Å². The third kappa shape index (κ3) is 5.13. The molecule has 0 saturated heterocycles. The largest absolute Gasteiger partial charge is 0.436 e. The number of rotatable bonds is 7. The van der Waals surface area contributed by atoms with Crippen molar-refractivity contribution in [2.75, 3.05) is 26.0 Å². The van der Waals surface area contributed by atoms with Crippen LogP contribution < -0.4 is 5.32 Å². The van der Waals surface area contributed by atoms with Crippen LogP contribution in [0.4, 0.5) is 5.69 Å². The topological polar surface area (TPSA) is 58.4 Å². The van der Waals surface area contributed by atoms with Crippen LogP contribution in [-0.2, 0) is 6.42 Å². The number of hydrogen-bond donors (Lipinski definition) is 1. The maximum absolute atomic E-state index is 13.0. The first-order valence-electron chi connectivity index (χ1n) is 10.7. The summed E-state index contributed by atoms with van der Waals surface area (Å²) in [6, 6.07) is 23.4. The molecule has 0 aliphatic carbocycles. The molecule has 0 spiro atoms. The van der Waals surface area contributed by atoms with E-state index in [2.05, 4.69) is 29.3 Å². The minimum atomic E-state index is -0.197. The van der Waals surface area contributed by atoms with E-state index in [1.54, 1.807) is 12.3 Å². The minimum Gasteiger partial charge on any atom is -0.436 e.